The van der Waals surface area contributed by atoms with Crippen LogP contribution in [-0.2, 0) is 4.74 Å². The predicted octanol–water partition coefficient (Wildman–Crippen LogP) is 3.50. The second-order valence-corrected chi connectivity index (χ2v) is 7.72. The average molecular weight is 452 g/mol. The minimum atomic E-state index is -0.185. The average Bonchev–Trinajstić information content (AvgIpc) is 2.87. The molecule has 3 aromatic rings. The standard InChI is InChI=1S/C25H29N3O5/c1-30-18-4-6-19(7-5-18)33-23-8-10-26-22-17-24(31-2)21(16-20(22)23)25(29)27-9-3-11-28-12-14-32-15-13-28/h4-8,10,16-17H,3,9,11-15H2,1-2H3,(H,27,29). The van der Waals surface area contributed by atoms with Crippen molar-refractivity contribution in [2.75, 3.05) is 53.6 Å². The van der Waals surface area contributed by atoms with Gasteiger partial charge in [-0.1, -0.05) is 0 Å². The maximum Gasteiger partial charge on any atom is 0.255 e. The van der Waals surface area contributed by atoms with Gasteiger partial charge in [-0.05, 0) is 49.4 Å². The molecule has 1 N–H and O–H groups in total. The Labute approximate surface area is 193 Å². The quantitative estimate of drug-likeness (QED) is 0.499. The Hall–Kier alpha value is -3.36. The van der Waals surface area contributed by atoms with Crippen molar-refractivity contribution in [2.45, 2.75) is 6.42 Å². The van der Waals surface area contributed by atoms with E-state index in [4.69, 9.17) is 18.9 Å². The number of morpholine rings is 1. The SMILES string of the molecule is COc1ccc(Oc2ccnc3cc(OC)c(C(=O)NCCCN4CCOCC4)cc23)cc1. The molecule has 0 radical (unpaired) electrons. The first-order valence-corrected chi connectivity index (χ1v) is 11.0. The maximum absolute atomic E-state index is 13.0. The van der Waals surface area contributed by atoms with E-state index in [1.54, 1.807) is 38.6 Å². The number of carbonyl (C=O) groups excluding carboxylic acids is 1. The van der Waals surface area contributed by atoms with Crippen LogP contribution in [-0.4, -0.2) is 69.4 Å². The zero-order chi connectivity index (χ0) is 23.0. The molecule has 1 amide bonds. The van der Waals surface area contributed by atoms with Crippen LogP contribution in [0.2, 0.25) is 0 Å². The number of hydrogen-bond acceptors (Lipinski definition) is 7. The summed E-state index contributed by atoms with van der Waals surface area (Å²) in [7, 11) is 3.17. The normalized spacial score (nSPS) is 14.1. The number of nitrogens with zero attached hydrogens (tertiary/aromatic N) is 2. The molecule has 2 aromatic carbocycles. The van der Waals surface area contributed by atoms with Crippen molar-refractivity contribution in [3.8, 4) is 23.0 Å². The van der Waals surface area contributed by atoms with Crippen LogP contribution in [0.25, 0.3) is 10.9 Å². The van der Waals surface area contributed by atoms with Crippen LogP contribution >= 0.6 is 0 Å². The van der Waals surface area contributed by atoms with E-state index in [-0.39, 0.29) is 5.91 Å². The van der Waals surface area contributed by atoms with Crippen molar-refractivity contribution >= 4 is 16.8 Å². The van der Waals surface area contributed by atoms with Gasteiger partial charge in [0.05, 0.1) is 38.5 Å². The van der Waals surface area contributed by atoms with Crippen LogP contribution in [0.1, 0.15) is 16.8 Å². The van der Waals surface area contributed by atoms with Gasteiger partial charge in [0.15, 0.2) is 0 Å². The zero-order valence-electron chi connectivity index (χ0n) is 19.0. The Morgan fingerprint density at radius 3 is 2.52 bits per heavy atom. The van der Waals surface area contributed by atoms with Crippen LogP contribution in [0.3, 0.4) is 0 Å². The molecule has 1 aliphatic rings. The van der Waals surface area contributed by atoms with Gasteiger partial charge < -0.3 is 24.3 Å². The summed E-state index contributed by atoms with van der Waals surface area (Å²) in [5.41, 5.74) is 1.13. The fourth-order valence-corrected chi connectivity index (χ4v) is 3.78. The molecule has 1 saturated heterocycles. The first kappa shape index (κ1) is 22.8. The van der Waals surface area contributed by atoms with Gasteiger partial charge in [0.1, 0.15) is 23.0 Å². The molecule has 0 aliphatic carbocycles. The van der Waals surface area contributed by atoms with E-state index < -0.39 is 0 Å². The predicted molar refractivity (Wildman–Crippen MR) is 126 cm³/mol. The van der Waals surface area contributed by atoms with Crippen molar-refractivity contribution in [3.63, 3.8) is 0 Å². The Kier molecular flexibility index (Phi) is 7.59. The molecular weight excluding hydrogens is 422 g/mol. The van der Waals surface area contributed by atoms with E-state index in [1.165, 1.54) is 0 Å². The molecule has 2 heterocycles. The first-order chi connectivity index (χ1) is 16.2. The smallest absolute Gasteiger partial charge is 0.255 e. The lowest BCUT2D eigenvalue weighted by Gasteiger charge is -2.26. The highest BCUT2D eigenvalue weighted by Crippen LogP contribution is 2.33. The molecule has 8 nitrogen and oxygen atoms in total. The van der Waals surface area contributed by atoms with E-state index >= 15 is 0 Å². The monoisotopic (exact) mass is 451 g/mol. The Bertz CT molecular complexity index is 1080. The number of aromatic nitrogens is 1. The fourth-order valence-electron chi connectivity index (χ4n) is 3.78. The summed E-state index contributed by atoms with van der Waals surface area (Å²) in [5, 5.41) is 3.74. The summed E-state index contributed by atoms with van der Waals surface area (Å²) in [6.07, 6.45) is 2.54. The topological polar surface area (TPSA) is 82.1 Å². The second kappa shape index (κ2) is 11.0. The summed E-state index contributed by atoms with van der Waals surface area (Å²) >= 11 is 0. The molecule has 0 unspecified atom stereocenters. The van der Waals surface area contributed by atoms with E-state index in [1.807, 2.05) is 24.3 Å². The molecule has 1 aliphatic heterocycles. The Morgan fingerprint density at radius 2 is 1.79 bits per heavy atom. The fraction of sp³-hybridized carbons (Fsp3) is 0.360. The maximum atomic E-state index is 13.0. The summed E-state index contributed by atoms with van der Waals surface area (Å²) in [6.45, 7) is 4.94. The highest BCUT2D eigenvalue weighted by Gasteiger charge is 2.17. The van der Waals surface area contributed by atoms with Crippen LogP contribution in [0.4, 0.5) is 0 Å². The molecule has 174 valence electrons. The van der Waals surface area contributed by atoms with Crippen LogP contribution in [0, 0.1) is 0 Å². The van der Waals surface area contributed by atoms with Crippen molar-refractivity contribution in [3.05, 3.63) is 54.2 Å². The lowest BCUT2D eigenvalue weighted by atomic mass is 10.1. The van der Waals surface area contributed by atoms with Crippen molar-refractivity contribution in [2.24, 2.45) is 0 Å². The number of nitrogens with one attached hydrogen (secondary N) is 1. The third-order valence-electron chi connectivity index (χ3n) is 5.60. The van der Waals surface area contributed by atoms with Gasteiger partial charge in [-0.2, -0.15) is 0 Å². The van der Waals surface area contributed by atoms with Crippen LogP contribution < -0.4 is 19.5 Å². The van der Waals surface area contributed by atoms with Gasteiger partial charge in [0.25, 0.3) is 5.91 Å². The molecule has 0 spiro atoms. The van der Waals surface area contributed by atoms with E-state index in [0.29, 0.717) is 34.9 Å². The lowest BCUT2D eigenvalue weighted by molar-refractivity contribution is 0.0374. The van der Waals surface area contributed by atoms with Gasteiger partial charge in [0, 0.05) is 37.3 Å². The summed E-state index contributed by atoms with van der Waals surface area (Å²) in [4.78, 5) is 19.7. The summed E-state index contributed by atoms with van der Waals surface area (Å²) in [5.74, 6) is 2.30. The molecule has 33 heavy (non-hydrogen) atoms. The van der Waals surface area contributed by atoms with Gasteiger partial charge in [-0.25, -0.2) is 0 Å². The number of pyridine rings is 1. The highest BCUT2D eigenvalue weighted by atomic mass is 16.5. The second-order valence-electron chi connectivity index (χ2n) is 7.72. The third kappa shape index (κ3) is 5.71. The van der Waals surface area contributed by atoms with Crippen molar-refractivity contribution in [1.29, 1.82) is 0 Å². The van der Waals surface area contributed by atoms with E-state index in [0.717, 1.165) is 50.4 Å². The van der Waals surface area contributed by atoms with Crippen LogP contribution in [0.15, 0.2) is 48.7 Å². The van der Waals surface area contributed by atoms with Gasteiger partial charge in [-0.3, -0.25) is 14.7 Å². The van der Waals surface area contributed by atoms with Crippen molar-refractivity contribution < 1.29 is 23.7 Å². The minimum Gasteiger partial charge on any atom is -0.497 e. The lowest BCUT2D eigenvalue weighted by Crippen LogP contribution is -2.38. The summed E-state index contributed by atoms with van der Waals surface area (Å²) < 4.78 is 22.1. The Balaban J connectivity index is 1.49. The summed E-state index contributed by atoms with van der Waals surface area (Å²) in [6, 6.07) is 12.6. The minimum absolute atomic E-state index is 0.185. The van der Waals surface area contributed by atoms with Crippen LogP contribution in [0.5, 0.6) is 23.0 Å². The number of hydrogen-bond donors (Lipinski definition) is 1. The number of fused-ring (bicyclic) bond motifs is 1. The number of amides is 1. The third-order valence-corrected chi connectivity index (χ3v) is 5.60. The molecular formula is C25H29N3O5. The van der Waals surface area contributed by atoms with Crippen molar-refractivity contribution in [1.82, 2.24) is 15.2 Å². The zero-order valence-corrected chi connectivity index (χ0v) is 19.0. The molecule has 1 aromatic heterocycles. The van der Waals surface area contributed by atoms with Gasteiger partial charge in [0.2, 0.25) is 0 Å². The molecule has 4 rings (SSSR count). The molecule has 1 fully saturated rings. The van der Waals surface area contributed by atoms with Gasteiger partial charge in [-0.15, -0.1) is 0 Å². The molecule has 0 saturated carbocycles. The number of ether oxygens (including phenoxy) is 4. The van der Waals surface area contributed by atoms with E-state index in [2.05, 4.69) is 15.2 Å². The molecule has 0 bridgehead atoms. The number of carbonyl (C=O) groups is 1. The Morgan fingerprint density at radius 1 is 1.03 bits per heavy atom. The first-order valence-electron chi connectivity index (χ1n) is 11.0. The number of benzene rings is 2. The molecule has 0 atom stereocenters. The highest BCUT2D eigenvalue weighted by molar-refractivity contribution is 6.02. The molecule has 8 heteroatoms. The number of methoxy groups -OCH3 is 2. The van der Waals surface area contributed by atoms with E-state index in [9.17, 15) is 4.79 Å². The number of rotatable bonds is 9. The van der Waals surface area contributed by atoms with Gasteiger partial charge >= 0.3 is 0 Å². The largest absolute Gasteiger partial charge is 0.497 e.